The fourth-order valence-electron chi connectivity index (χ4n) is 12.9. The number of nitrogens with one attached hydrogen (secondary N) is 1. The summed E-state index contributed by atoms with van der Waals surface area (Å²) in [5.74, 6) is -0.857. The average Bonchev–Trinajstić information content (AvgIpc) is 1.31. The molecule has 4 aromatic heterocycles. The van der Waals surface area contributed by atoms with Crippen LogP contribution in [0.4, 0.5) is 9.18 Å². The van der Waals surface area contributed by atoms with Crippen molar-refractivity contribution in [1.29, 1.82) is 0 Å². The summed E-state index contributed by atoms with van der Waals surface area (Å²) in [5, 5.41) is 39.6. The third-order valence-corrected chi connectivity index (χ3v) is 18.9. The lowest BCUT2D eigenvalue weighted by Crippen LogP contribution is -2.57. The Morgan fingerprint density at radius 1 is 0.880 bits per heavy atom. The number of hydrogen-bond acceptors (Lipinski definition) is 18. The summed E-state index contributed by atoms with van der Waals surface area (Å²) in [7, 11) is 0. The van der Waals surface area contributed by atoms with Crippen LogP contribution in [0, 0.1) is 25.6 Å². The minimum Gasteiger partial charge on any atom is -0.486 e. The zero-order valence-corrected chi connectivity index (χ0v) is 53.7. The first-order valence-corrected chi connectivity index (χ1v) is 32.8. The molecule has 4 saturated heterocycles. The second-order valence-corrected chi connectivity index (χ2v) is 27.0. The number of amides is 3. The Morgan fingerprint density at radius 3 is 2.33 bits per heavy atom. The number of halogens is 1. The van der Waals surface area contributed by atoms with Crippen LogP contribution in [0.5, 0.6) is 17.6 Å². The molecule has 8 aromatic rings. The molecular weight excluding hydrogens is 1200 g/mol. The third-order valence-electron chi connectivity index (χ3n) is 17.9. The highest BCUT2D eigenvalue weighted by Crippen LogP contribution is 2.54. The van der Waals surface area contributed by atoms with Gasteiger partial charge in [-0.2, -0.15) is 15.1 Å². The van der Waals surface area contributed by atoms with Crippen LogP contribution in [0.25, 0.3) is 54.6 Å². The van der Waals surface area contributed by atoms with Crippen molar-refractivity contribution in [2.75, 3.05) is 46.1 Å². The van der Waals surface area contributed by atoms with E-state index >= 15 is 4.39 Å². The molecule has 24 heteroatoms. The Balaban J connectivity index is 0.806. The molecule has 484 valence electrons. The van der Waals surface area contributed by atoms with Crippen molar-refractivity contribution in [3.63, 3.8) is 0 Å². The highest BCUT2D eigenvalue weighted by atomic mass is 32.1. The number of fused-ring (bicyclic) bond motifs is 2. The Kier molecular flexibility index (Phi) is 17.8. The molecular formula is C68H78FN11O11S. The number of aliphatic hydroxyl groups is 2. The van der Waals surface area contributed by atoms with E-state index < -0.39 is 59.7 Å². The number of aromatic nitrogens is 8. The van der Waals surface area contributed by atoms with Gasteiger partial charge in [0, 0.05) is 60.6 Å². The molecule has 1 saturated carbocycles. The van der Waals surface area contributed by atoms with Gasteiger partial charge in [0.25, 0.3) is 0 Å². The summed E-state index contributed by atoms with van der Waals surface area (Å²) in [6.45, 7) is 14.8. The zero-order chi connectivity index (χ0) is 64.1. The number of aliphatic hydroxyl groups excluding tert-OH is 2. The Labute approximate surface area is 536 Å². The van der Waals surface area contributed by atoms with Crippen molar-refractivity contribution in [3.05, 3.63) is 112 Å². The Morgan fingerprint density at radius 2 is 1.64 bits per heavy atom. The minimum absolute atomic E-state index is 0.0236. The number of likely N-dealkylation sites (tertiary alicyclic amines) is 2. The second-order valence-electron chi connectivity index (χ2n) is 26.2. The van der Waals surface area contributed by atoms with Gasteiger partial charge in [0.15, 0.2) is 12.0 Å². The molecule has 0 bridgehead atoms. The minimum atomic E-state index is -1.00. The average molecular weight is 1280 g/mol. The molecule has 92 heavy (non-hydrogen) atoms. The van der Waals surface area contributed by atoms with E-state index in [-0.39, 0.29) is 75.3 Å². The van der Waals surface area contributed by atoms with E-state index in [4.69, 9.17) is 43.5 Å². The van der Waals surface area contributed by atoms with Crippen LogP contribution >= 0.6 is 11.3 Å². The first-order valence-electron chi connectivity index (χ1n) is 32.0. The fraction of sp³-hybridized carbons (Fsp3) is 0.485. The molecule has 5 fully saturated rings. The lowest BCUT2D eigenvalue weighted by atomic mass is 9.88. The number of carbonyl (C=O) groups excluding carboxylic acids is 3. The number of rotatable bonds is 19. The van der Waals surface area contributed by atoms with Gasteiger partial charge in [-0.3, -0.25) is 9.59 Å². The summed E-state index contributed by atoms with van der Waals surface area (Å²) >= 11 is 1.53. The highest BCUT2D eigenvalue weighted by molar-refractivity contribution is 7.13. The number of carbonyl (C=O) groups is 3. The topological polar surface area (TPSA) is 253 Å². The van der Waals surface area contributed by atoms with Crippen LogP contribution in [-0.4, -0.2) is 154 Å². The van der Waals surface area contributed by atoms with Crippen LogP contribution in [0.2, 0.25) is 0 Å². The molecule has 3 N–H and O–H groups in total. The van der Waals surface area contributed by atoms with Crippen molar-refractivity contribution in [1.82, 2.24) is 54.8 Å². The molecule has 0 radical (unpaired) electrons. The van der Waals surface area contributed by atoms with Gasteiger partial charge in [0.05, 0.1) is 84.4 Å². The van der Waals surface area contributed by atoms with E-state index in [0.717, 1.165) is 64.8 Å². The molecule has 1 unspecified atom stereocenters. The number of β-amino-alcohol motifs (C(OH)–C–C–N with tert-alkyl or cyclic N) is 1. The number of aryl methyl sites for hydroxylation is 1. The van der Waals surface area contributed by atoms with Crippen molar-refractivity contribution in [2.45, 2.75) is 161 Å². The van der Waals surface area contributed by atoms with Crippen molar-refractivity contribution >= 4 is 51.1 Å². The van der Waals surface area contributed by atoms with Crippen molar-refractivity contribution < 1.29 is 57.4 Å². The molecule has 0 spiro atoms. The lowest BCUT2D eigenvalue weighted by Gasteiger charge is -2.39. The molecule has 22 nitrogen and oxygen atoms in total. The number of nitrogens with zero attached hydrogens (tertiary/aromatic N) is 10. The van der Waals surface area contributed by atoms with Gasteiger partial charge in [-0.25, -0.2) is 23.5 Å². The SMILES string of the molecule is Cc1ncsc1-c1ccc([C@H](CO)NC(=O)[C@@H]2C[C@@H](O)CN2C(=O)[C@H](C(C)C)n2cc(-c3ccc(COc4c(-c5c(C)c(F)cc6c5cnn6C5CCCCO5)c(C5CC5)cc5c(OC6CN(C(=O)OC(C)(C)C)C6)nc(OC6CCOCC6)nc45)cc3)nn2)cc1. The van der Waals surface area contributed by atoms with E-state index in [2.05, 4.69) is 26.7 Å². The van der Waals surface area contributed by atoms with Crippen molar-refractivity contribution in [3.8, 4) is 50.5 Å². The van der Waals surface area contributed by atoms with Gasteiger partial charge < -0.3 is 53.8 Å². The molecule has 8 heterocycles. The molecule has 1 aliphatic carbocycles. The summed E-state index contributed by atoms with van der Waals surface area (Å²) in [4.78, 5) is 60.5. The van der Waals surface area contributed by atoms with Gasteiger partial charge in [0.1, 0.15) is 53.5 Å². The van der Waals surface area contributed by atoms with E-state index in [1.165, 1.54) is 20.9 Å². The van der Waals surface area contributed by atoms with Gasteiger partial charge >= 0.3 is 12.1 Å². The molecule has 3 amide bonds. The first kappa shape index (κ1) is 62.6. The Bertz CT molecular complexity index is 4020. The standard InChI is InChI=1S/C68H78FN11O11S/c1-37(2)60(65(84)78-30-45(82)26-55(78)63(83)72-53(34-81)43-17-19-44(20-18-43)62-39(4)70-36-92-62)79-33-52(75-76-79)42-13-11-40(12-14-42)35-88-61-58(57-38(3)51(69)28-54-50(57)29-71-80(54)56-10-8-9-23-87-56)48(41-15-16-41)27-49-59(61)73-66(90-46-21-24-86-25-22-46)74-64(49)89-47-31-77(32-47)67(85)91-68(5,6)7/h11-14,17-20,27-29,33,36-37,41,45-47,53,55-56,60,81-82H,8-10,15-16,21-26,30-32,34-35H2,1-7H3,(H,72,83)/t45-,53+,55+,56?,60+/m1/s1. The van der Waals surface area contributed by atoms with Crippen LogP contribution in [-0.2, 0) is 30.4 Å². The van der Waals surface area contributed by atoms with Crippen LogP contribution in [0.1, 0.15) is 138 Å². The maximum Gasteiger partial charge on any atom is 0.410 e. The van der Waals surface area contributed by atoms with E-state index in [1.807, 2.05) is 90.1 Å². The highest BCUT2D eigenvalue weighted by Gasteiger charge is 2.44. The first-order chi connectivity index (χ1) is 44.4. The summed E-state index contributed by atoms with van der Waals surface area (Å²) < 4.78 is 58.4. The van der Waals surface area contributed by atoms with Gasteiger partial charge in [-0.05, 0) is 112 Å². The summed E-state index contributed by atoms with van der Waals surface area (Å²) in [5.41, 5.74) is 9.33. The normalized spacial score (nSPS) is 19.8. The lowest BCUT2D eigenvalue weighted by molar-refractivity contribution is -0.142. The maximum absolute atomic E-state index is 16.9. The van der Waals surface area contributed by atoms with Gasteiger partial charge in [-0.1, -0.05) is 67.6 Å². The summed E-state index contributed by atoms with van der Waals surface area (Å²) in [6, 6.07) is 16.3. The fourth-order valence-corrected chi connectivity index (χ4v) is 13.7. The van der Waals surface area contributed by atoms with E-state index in [0.29, 0.717) is 88.3 Å². The van der Waals surface area contributed by atoms with Gasteiger partial charge in [0.2, 0.25) is 17.7 Å². The van der Waals surface area contributed by atoms with Crippen LogP contribution in [0.15, 0.2) is 78.6 Å². The Hall–Kier alpha value is -8.16. The molecule has 13 rings (SSSR count). The van der Waals surface area contributed by atoms with E-state index in [9.17, 15) is 24.6 Å². The van der Waals surface area contributed by atoms with Crippen LogP contribution < -0.4 is 19.5 Å². The predicted octanol–water partition coefficient (Wildman–Crippen LogP) is 10.5. The smallest absolute Gasteiger partial charge is 0.410 e. The number of thiazole rings is 1. The summed E-state index contributed by atoms with van der Waals surface area (Å²) in [6.07, 6.45) is 6.80. The quantitative estimate of drug-likeness (QED) is 0.0680. The predicted molar refractivity (Wildman–Crippen MR) is 341 cm³/mol. The molecule has 5 aliphatic rings. The largest absolute Gasteiger partial charge is 0.486 e. The molecule has 5 atom stereocenters. The third kappa shape index (κ3) is 13.0. The molecule has 4 aliphatic heterocycles. The second kappa shape index (κ2) is 26.1. The van der Waals surface area contributed by atoms with Crippen LogP contribution in [0.3, 0.4) is 0 Å². The van der Waals surface area contributed by atoms with Gasteiger partial charge in [-0.15, -0.1) is 16.4 Å². The monoisotopic (exact) mass is 1280 g/mol. The number of ether oxygens (including phenoxy) is 6. The number of hydrogen-bond donors (Lipinski definition) is 3. The molecule has 4 aromatic carbocycles. The zero-order valence-electron chi connectivity index (χ0n) is 52.8. The van der Waals surface area contributed by atoms with Crippen molar-refractivity contribution in [2.24, 2.45) is 5.92 Å². The van der Waals surface area contributed by atoms with E-state index in [1.54, 1.807) is 40.5 Å². The maximum atomic E-state index is 16.9. The number of benzene rings is 4.